The molecule has 0 saturated carbocycles. The van der Waals surface area contributed by atoms with Crippen molar-refractivity contribution in [3.63, 3.8) is 0 Å². The third-order valence-corrected chi connectivity index (χ3v) is 5.74. The number of benzene rings is 1. The molecule has 2 N–H and O–H groups in total. The van der Waals surface area contributed by atoms with Gasteiger partial charge in [0.25, 0.3) is 5.69 Å². The minimum Gasteiger partial charge on any atom is -0.308 e. The number of hydrogen-bond acceptors (Lipinski definition) is 5. The van der Waals surface area contributed by atoms with E-state index in [2.05, 4.69) is 6.58 Å². The van der Waals surface area contributed by atoms with Crippen LogP contribution in [0.25, 0.3) is 0 Å². The second-order valence-corrected chi connectivity index (χ2v) is 7.09. The van der Waals surface area contributed by atoms with Crippen LogP contribution in [0.1, 0.15) is 0 Å². The molecule has 23 heavy (non-hydrogen) atoms. The summed E-state index contributed by atoms with van der Waals surface area (Å²) in [4.78, 5) is 10.0. The lowest BCUT2D eigenvalue weighted by Gasteiger charge is -2.40. The zero-order valence-electron chi connectivity index (χ0n) is 12.5. The molecule has 1 aliphatic carbocycles. The van der Waals surface area contributed by atoms with Crippen LogP contribution in [-0.4, -0.2) is 30.4 Å². The van der Waals surface area contributed by atoms with Gasteiger partial charge >= 0.3 is 0 Å². The number of hydrogen-bond donors (Lipinski definition) is 1. The van der Waals surface area contributed by atoms with Crippen molar-refractivity contribution in [2.24, 2.45) is 11.7 Å². The number of nitrogens with zero attached hydrogens (tertiary/aromatic N) is 2. The van der Waals surface area contributed by atoms with Crippen molar-refractivity contribution >= 4 is 15.7 Å². The van der Waals surface area contributed by atoms with Gasteiger partial charge in [-0.2, -0.15) is 4.31 Å². The molecule has 2 atom stereocenters. The van der Waals surface area contributed by atoms with Crippen molar-refractivity contribution in [3.8, 4) is 0 Å². The normalized spacial score (nSPS) is 23.9. The zero-order valence-corrected chi connectivity index (χ0v) is 13.3. The molecule has 0 spiro atoms. The molecule has 0 fully saturated rings. The van der Waals surface area contributed by atoms with Gasteiger partial charge in [0.1, 0.15) is 5.66 Å². The van der Waals surface area contributed by atoms with Gasteiger partial charge in [0.05, 0.1) is 9.82 Å². The lowest BCUT2D eigenvalue weighted by molar-refractivity contribution is -0.384. The van der Waals surface area contributed by atoms with E-state index in [-0.39, 0.29) is 10.6 Å². The van der Waals surface area contributed by atoms with E-state index >= 15 is 0 Å². The van der Waals surface area contributed by atoms with Crippen molar-refractivity contribution < 1.29 is 13.3 Å². The highest BCUT2D eigenvalue weighted by atomic mass is 32.2. The van der Waals surface area contributed by atoms with Crippen LogP contribution in [-0.2, 0) is 10.0 Å². The Kier molecular flexibility index (Phi) is 4.51. The fraction of sp³-hybridized carbons (Fsp3) is 0.200. The highest BCUT2D eigenvalue weighted by molar-refractivity contribution is 7.89. The van der Waals surface area contributed by atoms with Gasteiger partial charge in [-0.05, 0) is 18.2 Å². The van der Waals surface area contributed by atoms with E-state index in [1.54, 1.807) is 30.4 Å². The number of nitro benzene ring substituents is 1. The van der Waals surface area contributed by atoms with Gasteiger partial charge in [-0.3, -0.25) is 10.1 Å². The molecule has 8 heteroatoms. The maximum Gasteiger partial charge on any atom is 0.269 e. The number of non-ortho nitro benzene ring substituents is 1. The second-order valence-electron chi connectivity index (χ2n) is 5.12. The number of allylic oxidation sites excluding steroid dienone is 2. The Morgan fingerprint density at radius 1 is 1.35 bits per heavy atom. The van der Waals surface area contributed by atoms with E-state index in [0.29, 0.717) is 0 Å². The lowest BCUT2D eigenvalue weighted by Crippen LogP contribution is -2.59. The Labute approximate surface area is 134 Å². The molecule has 0 saturated heterocycles. The summed E-state index contributed by atoms with van der Waals surface area (Å²) in [6.45, 7) is 3.69. The fourth-order valence-electron chi connectivity index (χ4n) is 2.35. The molecule has 0 heterocycles. The highest BCUT2D eigenvalue weighted by Gasteiger charge is 2.41. The summed E-state index contributed by atoms with van der Waals surface area (Å²) >= 11 is 0. The molecule has 0 aromatic heterocycles. The Bertz CT molecular complexity index is 783. The summed E-state index contributed by atoms with van der Waals surface area (Å²) in [5, 5.41) is 10.7. The van der Waals surface area contributed by atoms with Gasteiger partial charge in [0.15, 0.2) is 0 Å². The SMILES string of the molecule is C=CC1C=CC=C[C@]1(N)N(C)S(=O)(=O)c1ccc([N+](=O)[O-])cc1. The van der Waals surface area contributed by atoms with E-state index in [1.807, 2.05) is 0 Å². The van der Waals surface area contributed by atoms with Crippen LogP contribution in [0.3, 0.4) is 0 Å². The van der Waals surface area contributed by atoms with Crippen LogP contribution in [0.4, 0.5) is 5.69 Å². The first-order valence-corrected chi connectivity index (χ1v) is 8.18. The third-order valence-electron chi connectivity index (χ3n) is 3.83. The van der Waals surface area contributed by atoms with E-state index < -0.39 is 26.5 Å². The molecule has 1 aromatic rings. The third kappa shape index (κ3) is 2.96. The topological polar surface area (TPSA) is 107 Å². The Morgan fingerprint density at radius 2 is 1.96 bits per heavy atom. The number of rotatable bonds is 5. The number of sulfonamides is 1. The summed E-state index contributed by atoms with van der Waals surface area (Å²) in [5.41, 5.74) is 4.81. The van der Waals surface area contributed by atoms with Crippen LogP contribution in [0, 0.1) is 16.0 Å². The van der Waals surface area contributed by atoms with E-state index in [0.717, 1.165) is 16.4 Å². The smallest absolute Gasteiger partial charge is 0.269 e. The quantitative estimate of drug-likeness (QED) is 0.382. The molecule has 122 valence electrons. The molecule has 0 bridgehead atoms. The lowest BCUT2D eigenvalue weighted by atomic mass is 9.89. The molecule has 0 amide bonds. The van der Waals surface area contributed by atoms with Gasteiger partial charge in [-0.25, -0.2) is 8.42 Å². The first-order valence-electron chi connectivity index (χ1n) is 6.74. The number of nitro groups is 1. The molecule has 2 rings (SSSR count). The van der Waals surface area contributed by atoms with E-state index in [1.165, 1.54) is 19.2 Å². The van der Waals surface area contributed by atoms with Crippen LogP contribution < -0.4 is 5.73 Å². The molecule has 1 aliphatic rings. The predicted octanol–water partition coefficient (Wildman–Crippen LogP) is 1.80. The first-order chi connectivity index (χ1) is 10.7. The van der Waals surface area contributed by atoms with Crippen LogP contribution in [0.5, 0.6) is 0 Å². The molecular weight excluding hydrogens is 318 g/mol. The molecular formula is C15H17N3O4S. The summed E-state index contributed by atoms with van der Waals surface area (Å²) in [6, 6.07) is 4.67. The van der Waals surface area contributed by atoms with Gasteiger partial charge in [0, 0.05) is 25.1 Å². The van der Waals surface area contributed by atoms with Crippen molar-refractivity contribution in [2.45, 2.75) is 10.6 Å². The molecule has 0 aliphatic heterocycles. The number of nitrogens with two attached hydrogens (primary N) is 1. The molecule has 1 unspecified atom stereocenters. The largest absolute Gasteiger partial charge is 0.308 e. The van der Waals surface area contributed by atoms with Crippen molar-refractivity contribution in [2.75, 3.05) is 7.05 Å². The van der Waals surface area contributed by atoms with Crippen molar-refractivity contribution in [1.82, 2.24) is 4.31 Å². The van der Waals surface area contributed by atoms with Crippen LogP contribution in [0.15, 0.2) is 66.1 Å². The summed E-state index contributed by atoms with van der Waals surface area (Å²) in [5.74, 6) is -0.398. The van der Waals surface area contributed by atoms with Gasteiger partial charge in [-0.15, -0.1) is 6.58 Å². The minimum absolute atomic E-state index is 0.0683. The number of likely N-dealkylation sites (N-methyl/N-ethyl adjacent to an activating group) is 1. The van der Waals surface area contributed by atoms with Gasteiger partial charge in [0.2, 0.25) is 10.0 Å². The maximum atomic E-state index is 12.8. The average molecular weight is 335 g/mol. The van der Waals surface area contributed by atoms with E-state index in [4.69, 9.17) is 5.73 Å². The van der Waals surface area contributed by atoms with Crippen LogP contribution >= 0.6 is 0 Å². The Hall–Kier alpha value is -2.29. The van der Waals surface area contributed by atoms with Crippen LogP contribution in [0.2, 0.25) is 0 Å². The van der Waals surface area contributed by atoms with Crippen molar-refractivity contribution in [3.05, 3.63) is 71.3 Å². The first kappa shape index (κ1) is 17.1. The standard InChI is InChI=1S/C15H17N3O4S/c1-3-12-6-4-5-11-15(12,16)17(2)23(21,22)14-9-7-13(8-10-14)18(19)20/h3-12H,1,16H2,2H3/t12?,15-/m0/s1. The summed E-state index contributed by atoms with van der Waals surface area (Å²) in [7, 11) is -2.56. The fourth-order valence-corrected chi connectivity index (χ4v) is 3.74. The molecule has 7 nitrogen and oxygen atoms in total. The zero-order chi connectivity index (χ0) is 17.3. The van der Waals surface area contributed by atoms with Crippen molar-refractivity contribution in [1.29, 1.82) is 0 Å². The maximum absolute atomic E-state index is 12.8. The monoisotopic (exact) mass is 335 g/mol. The second kappa shape index (κ2) is 6.07. The average Bonchev–Trinajstić information content (AvgIpc) is 2.54. The highest BCUT2D eigenvalue weighted by Crippen LogP contribution is 2.31. The van der Waals surface area contributed by atoms with Gasteiger partial charge in [-0.1, -0.05) is 24.3 Å². The summed E-state index contributed by atoms with van der Waals surface area (Å²) < 4.78 is 26.6. The Balaban J connectivity index is 2.42. The molecule has 0 radical (unpaired) electrons. The van der Waals surface area contributed by atoms with Gasteiger partial charge < -0.3 is 5.73 Å². The summed E-state index contributed by atoms with van der Waals surface area (Å²) in [6.07, 6.45) is 8.35. The molecule has 1 aromatic carbocycles. The minimum atomic E-state index is -3.93. The van der Waals surface area contributed by atoms with E-state index in [9.17, 15) is 18.5 Å². The predicted molar refractivity (Wildman–Crippen MR) is 86.9 cm³/mol. The Morgan fingerprint density at radius 3 is 2.48 bits per heavy atom.